The summed E-state index contributed by atoms with van der Waals surface area (Å²) in [6.07, 6.45) is 0. The zero-order chi connectivity index (χ0) is 47.4. The van der Waals surface area contributed by atoms with Crippen molar-refractivity contribution in [3.63, 3.8) is 0 Å². The maximum absolute atomic E-state index is 2.61. The lowest BCUT2D eigenvalue weighted by atomic mass is 9.82. The van der Waals surface area contributed by atoms with E-state index in [1.807, 2.05) is 0 Å². The third-order valence-corrected chi connectivity index (χ3v) is 16.5. The molecule has 14 aromatic carbocycles. The van der Waals surface area contributed by atoms with Crippen LogP contribution >= 0.6 is 0 Å². The summed E-state index contributed by atoms with van der Waals surface area (Å²) in [4.78, 5) is 0. The molecule has 0 spiro atoms. The minimum absolute atomic E-state index is 1.30. The van der Waals surface area contributed by atoms with Gasteiger partial charge < -0.3 is 0 Å². The van der Waals surface area contributed by atoms with Gasteiger partial charge >= 0.3 is 0 Å². The Labute approximate surface area is 409 Å². The average molecular weight is 893 g/mol. The maximum atomic E-state index is 2.61. The molecule has 0 radical (unpaired) electrons. The van der Waals surface area contributed by atoms with Crippen LogP contribution in [0, 0.1) is 55.4 Å². The number of aryl methyl sites for hydroxylation is 8. The summed E-state index contributed by atoms with van der Waals surface area (Å²) in [7, 11) is 0. The highest BCUT2D eigenvalue weighted by Crippen LogP contribution is 2.57. The molecule has 0 nitrogen and oxygen atoms in total. The first-order chi connectivity index (χ1) is 34.1. The molecule has 0 saturated carbocycles. The molecule has 70 heavy (non-hydrogen) atoms. The summed E-state index contributed by atoms with van der Waals surface area (Å²) >= 11 is 0. The van der Waals surface area contributed by atoms with Crippen molar-refractivity contribution in [2.24, 2.45) is 0 Å². The first-order valence-electron chi connectivity index (χ1n) is 25.0. The largest absolute Gasteiger partial charge is 0.0617 e. The molecule has 332 valence electrons. The average Bonchev–Trinajstić information content (AvgIpc) is 3.86. The van der Waals surface area contributed by atoms with Gasteiger partial charge in [0, 0.05) is 0 Å². The van der Waals surface area contributed by atoms with Crippen molar-refractivity contribution in [1.29, 1.82) is 0 Å². The Bertz CT molecular complexity index is 4220. The summed E-state index contributed by atoms with van der Waals surface area (Å²) in [5.74, 6) is 0. The second-order valence-corrected chi connectivity index (χ2v) is 20.6. The van der Waals surface area contributed by atoms with Crippen molar-refractivity contribution < 1.29 is 0 Å². The van der Waals surface area contributed by atoms with Gasteiger partial charge in [-0.2, -0.15) is 0 Å². The van der Waals surface area contributed by atoms with Crippen LogP contribution in [0.15, 0.2) is 170 Å². The molecule has 0 atom stereocenters. The van der Waals surface area contributed by atoms with Gasteiger partial charge in [0.2, 0.25) is 0 Å². The second kappa shape index (κ2) is 14.7. The smallest absolute Gasteiger partial charge is 0.000698 e. The van der Waals surface area contributed by atoms with E-state index in [9.17, 15) is 0 Å². The van der Waals surface area contributed by atoms with Gasteiger partial charge in [-0.3, -0.25) is 0 Å². The van der Waals surface area contributed by atoms with Gasteiger partial charge in [0.05, 0.1) is 0 Å². The summed E-state index contributed by atoms with van der Waals surface area (Å²) in [6.45, 7) is 18.4. The summed E-state index contributed by atoms with van der Waals surface area (Å²) in [6, 6.07) is 65.3. The molecule has 14 rings (SSSR count). The maximum Gasteiger partial charge on any atom is -0.000698 e. The van der Waals surface area contributed by atoms with Crippen LogP contribution in [0.1, 0.15) is 44.5 Å². The second-order valence-electron chi connectivity index (χ2n) is 20.6. The number of hydrogen-bond donors (Lipinski definition) is 0. The molecule has 0 aliphatic heterocycles. The fraction of sp³-hybridized carbons (Fsp3) is 0.114. The van der Waals surface area contributed by atoms with Crippen LogP contribution in [0.2, 0.25) is 0 Å². The third kappa shape index (κ3) is 5.31. The molecule has 0 heterocycles. The monoisotopic (exact) mass is 892 g/mol. The molecule has 0 heteroatoms. The number of hydrogen-bond acceptors (Lipinski definition) is 0. The Morgan fingerprint density at radius 3 is 0.643 bits per heavy atom. The standard InChI is InChI=1S/C70H52/c1-37-19-13-20-38(2)57(37)63-45-27-9-11-29-47(45)65(59-41(5)23-15-24-42(59)6)69-55-35-53-50-32-18-34-52-62(50)56(36-54(53)49-31-17-33-51(61(49)55)67(63)69)70-66(60-43(7)25-16-26-44(60)8)48-30-12-10-28-46(48)64(68(52)70)58-39(3)21-14-22-40(58)4/h9-36H,1-8H3. The molecule has 14 aromatic rings. The molecule has 0 aromatic heterocycles. The van der Waals surface area contributed by atoms with Crippen molar-refractivity contribution in [1.82, 2.24) is 0 Å². The molecular formula is C70H52. The zero-order valence-electron chi connectivity index (χ0n) is 41.2. The minimum atomic E-state index is 1.30. The van der Waals surface area contributed by atoms with Gasteiger partial charge in [0.15, 0.2) is 0 Å². The number of fused-ring (bicyclic) bond motifs is 11. The summed E-state index contributed by atoms with van der Waals surface area (Å²) in [5.41, 5.74) is 21.1. The van der Waals surface area contributed by atoms with Crippen LogP contribution in [0.5, 0.6) is 0 Å². The van der Waals surface area contributed by atoms with E-state index in [2.05, 4.69) is 225 Å². The molecule has 0 aliphatic carbocycles. The van der Waals surface area contributed by atoms with Crippen LogP contribution in [0.3, 0.4) is 0 Å². The highest BCUT2D eigenvalue weighted by Gasteiger charge is 2.30. The van der Waals surface area contributed by atoms with Crippen molar-refractivity contribution in [2.75, 3.05) is 0 Å². The molecule has 0 N–H and O–H groups in total. The van der Waals surface area contributed by atoms with Gasteiger partial charge in [-0.15, -0.1) is 0 Å². The first-order valence-corrected chi connectivity index (χ1v) is 25.0. The van der Waals surface area contributed by atoms with Crippen molar-refractivity contribution >= 4 is 97.0 Å². The SMILES string of the molecule is Cc1cccc(C)c1-c1c2ccccc2c(-c2c(C)cccc2C)c2c3cc4c(cc5c6c(-c7c(C)cccc7C)c7ccccc7c(-c7c(C)cccc7C)c6c6cccc4c65)c4cccc(c12)c43. The lowest BCUT2D eigenvalue weighted by Gasteiger charge is -2.21. The molecule has 0 aliphatic rings. The molecule has 0 saturated heterocycles. The lowest BCUT2D eigenvalue weighted by molar-refractivity contribution is 1.38. The highest BCUT2D eigenvalue weighted by molar-refractivity contribution is 6.47. The van der Waals surface area contributed by atoms with E-state index in [-0.39, 0.29) is 0 Å². The fourth-order valence-corrected chi connectivity index (χ4v) is 13.8. The highest BCUT2D eigenvalue weighted by atomic mass is 14.3. The van der Waals surface area contributed by atoms with E-state index in [4.69, 9.17) is 0 Å². The third-order valence-electron chi connectivity index (χ3n) is 16.5. The number of benzene rings is 12. The summed E-state index contributed by atoms with van der Waals surface area (Å²) < 4.78 is 0. The molecule has 0 amide bonds. The Balaban J connectivity index is 1.27. The van der Waals surface area contributed by atoms with Gasteiger partial charge in [0.25, 0.3) is 0 Å². The van der Waals surface area contributed by atoms with Crippen molar-refractivity contribution in [2.45, 2.75) is 55.4 Å². The first kappa shape index (κ1) is 41.0. The van der Waals surface area contributed by atoms with Crippen LogP contribution in [0.4, 0.5) is 0 Å². The molecular weight excluding hydrogens is 841 g/mol. The fourth-order valence-electron chi connectivity index (χ4n) is 13.8. The summed E-state index contributed by atoms with van der Waals surface area (Å²) in [5, 5.41) is 23.9. The predicted octanol–water partition coefficient (Wildman–Crippen LogP) is 20.1. The van der Waals surface area contributed by atoms with Crippen LogP contribution in [0.25, 0.3) is 141 Å². The van der Waals surface area contributed by atoms with Gasteiger partial charge in [-0.05, 0) is 253 Å². The molecule has 0 bridgehead atoms. The van der Waals surface area contributed by atoms with E-state index < -0.39 is 0 Å². The predicted molar refractivity (Wildman–Crippen MR) is 306 cm³/mol. The van der Waals surface area contributed by atoms with E-state index in [0.29, 0.717) is 0 Å². The number of rotatable bonds is 4. The lowest BCUT2D eigenvalue weighted by Crippen LogP contribution is -1.95. The molecule has 0 fully saturated rings. The minimum Gasteiger partial charge on any atom is -0.0617 e. The normalized spacial score (nSPS) is 12.3. The molecule has 0 unspecified atom stereocenters. The van der Waals surface area contributed by atoms with E-state index in [0.717, 1.165) is 0 Å². The quantitative estimate of drug-likeness (QED) is 0.154. The van der Waals surface area contributed by atoms with Crippen LogP contribution in [-0.2, 0) is 0 Å². The Hall–Kier alpha value is -8.06. The van der Waals surface area contributed by atoms with E-state index in [1.54, 1.807) is 0 Å². The topological polar surface area (TPSA) is 0 Å². The van der Waals surface area contributed by atoms with Crippen molar-refractivity contribution in [3.8, 4) is 44.5 Å². The van der Waals surface area contributed by atoms with Gasteiger partial charge in [0.1, 0.15) is 0 Å². The Kier molecular flexibility index (Phi) is 8.62. The van der Waals surface area contributed by atoms with Crippen molar-refractivity contribution in [3.05, 3.63) is 214 Å². The van der Waals surface area contributed by atoms with Crippen LogP contribution in [-0.4, -0.2) is 0 Å². The zero-order valence-corrected chi connectivity index (χ0v) is 41.2. The van der Waals surface area contributed by atoms with E-state index in [1.165, 1.54) is 186 Å². The van der Waals surface area contributed by atoms with Crippen LogP contribution < -0.4 is 0 Å². The van der Waals surface area contributed by atoms with Gasteiger partial charge in [-0.25, -0.2) is 0 Å². The van der Waals surface area contributed by atoms with Gasteiger partial charge in [-0.1, -0.05) is 158 Å². The Morgan fingerprint density at radius 1 is 0.157 bits per heavy atom. The van der Waals surface area contributed by atoms with E-state index >= 15 is 0 Å². The Morgan fingerprint density at radius 2 is 0.371 bits per heavy atom.